The van der Waals surface area contributed by atoms with Gasteiger partial charge in [-0.3, -0.25) is 4.79 Å². The topological polar surface area (TPSA) is 55.8 Å². The second kappa shape index (κ2) is 7.24. The van der Waals surface area contributed by atoms with Gasteiger partial charge in [-0.15, -0.1) is 0 Å². The number of methoxy groups -OCH3 is 2. The van der Waals surface area contributed by atoms with E-state index in [1.165, 1.54) is 26.4 Å². The van der Waals surface area contributed by atoms with Crippen molar-refractivity contribution < 1.29 is 28.2 Å². The first-order valence-corrected chi connectivity index (χ1v) is 6.64. The van der Waals surface area contributed by atoms with Crippen LogP contribution in [0.2, 0.25) is 0 Å². The summed E-state index contributed by atoms with van der Waals surface area (Å²) in [7, 11) is 2.84. The van der Waals surface area contributed by atoms with Crippen LogP contribution in [0.15, 0.2) is 12.1 Å². The first kappa shape index (κ1) is 17.2. The standard InChI is InChI=1S/C15H20F2O4/c1-10-8-12(20-2)13(21-3)9-11(10)15(16,17)7-5-4-6-14(18)19/h8-9H,4-7H2,1-3H3,(H,18,19). The van der Waals surface area contributed by atoms with Crippen LogP contribution in [0, 0.1) is 6.92 Å². The van der Waals surface area contributed by atoms with Gasteiger partial charge in [0.2, 0.25) is 0 Å². The molecule has 1 rings (SSSR count). The molecule has 0 fully saturated rings. The van der Waals surface area contributed by atoms with Gasteiger partial charge in [-0.25, -0.2) is 8.78 Å². The number of benzene rings is 1. The smallest absolute Gasteiger partial charge is 0.303 e. The zero-order valence-corrected chi connectivity index (χ0v) is 12.4. The maximum atomic E-state index is 14.2. The number of aliphatic carboxylic acids is 1. The Balaban J connectivity index is 2.88. The monoisotopic (exact) mass is 302 g/mol. The fourth-order valence-corrected chi connectivity index (χ4v) is 2.13. The summed E-state index contributed by atoms with van der Waals surface area (Å²) in [4.78, 5) is 10.4. The van der Waals surface area contributed by atoms with Gasteiger partial charge in [0.1, 0.15) is 0 Å². The van der Waals surface area contributed by atoms with Crippen molar-refractivity contribution >= 4 is 5.97 Å². The minimum absolute atomic E-state index is 0.0962. The Labute approximate surface area is 122 Å². The summed E-state index contributed by atoms with van der Waals surface area (Å²) in [6.45, 7) is 1.59. The second-order valence-corrected chi connectivity index (χ2v) is 4.83. The molecular formula is C15H20F2O4. The summed E-state index contributed by atoms with van der Waals surface area (Å²) in [6.07, 6.45) is -0.109. The van der Waals surface area contributed by atoms with Crippen LogP contribution in [0.4, 0.5) is 8.78 Å². The molecule has 0 amide bonds. The van der Waals surface area contributed by atoms with Crippen LogP contribution in [-0.4, -0.2) is 25.3 Å². The Morgan fingerprint density at radius 2 is 1.76 bits per heavy atom. The van der Waals surface area contributed by atoms with Gasteiger partial charge in [0.05, 0.1) is 14.2 Å². The molecule has 118 valence electrons. The first-order chi connectivity index (χ1) is 9.81. The molecule has 0 saturated carbocycles. The molecule has 0 aliphatic heterocycles. The van der Waals surface area contributed by atoms with Gasteiger partial charge < -0.3 is 14.6 Å². The van der Waals surface area contributed by atoms with E-state index in [0.717, 1.165) is 0 Å². The third-order valence-electron chi connectivity index (χ3n) is 3.26. The highest BCUT2D eigenvalue weighted by Gasteiger charge is 2.33. The van der Waals surface area contributed by atoms with E-state index in [1.54, 1.807) is 6.92 Å². The summed E-state index contributed by atoms with van der Waals surface area (Å²) in [5, 5.41) is 8.51. The summed E-state index contributed by atoms with van der Waals surface area (Å²) in [6, 6.07) is 2.80. The number of hydrogen-bond acceptors (Lipinski definition) is 3. The summed E-state index contributed by atoms with van der Waals surface area (Å²) in [5.74, 6) is -3.34. The Hall–Kier alpha value is -1.85. The van der Waals surface area contributed by atoms with Crippen molar-refractivity contribution in [2.75, 3.05) is 14.2 Å². The summed E-state index contributed by atoms with van der Waals surface area (Å²) in [5.41, 5.74) is 0.298. The van der Waals surface area contributed by atoms with Crippen molar-refractivity contribution in [3.8, 4) is 11.5 Å². The minimum Gasteiger partial charge on any atom is -0.493 e. The molecule has 1 aromatic carbocycles. The molecule has 21 heavy (non-hydrogen) atoms. The number of carbonyl (C=O) groups is 1. The molecule has 0 heterocycles. The lowest BCUT2D eigenvalue weighted by atomic mass is 9.97. The highest BCUT2D eigenvalue weighted by molar-refractivity contribution is 5.66. The molecule has 1 N–H and O–H groups in total. The number of carboxylic acids is 1. The van der Waals surface area contributed by atoms with Gasteiger partial charge in [-0.1, -0.05) is 0 Å². The van der Waals surface area contributed by atoms with Crippen molar-refractivity contribution in [1.82, 2.24) is 0 Å². The van der Waals surface area contributed by atoms with E-state index in [-0.39, 0.29) is 30.6 Å². The number of ether oxygens (including phenoxy) is 2. The van der Waals surface area contributed by atoms with E-state index in [4.69, 9.17) is 14.6 Å². The molecule has 0 radical (unpaired) electrons. The average molecular weight is 302 g/mol. The van der Waals surface area contributed by atoms with E-state index in [2.05, 4.69) is 0 Å². The molecule has 0 aliphatic carbocycles. The number of alkyl halides is 2. The van der Waals surface area contributed by atoms with Crippen LogP contribution in [0.25, 0.3) is 0 Å². The Kier molecular flexibility index (Phi) is 5.93. The fraction of sp³-hybridized carbons (Fsp3) is 0.533. The molecule has 1 aromatic rings. The van der Waals surface area contributed by atoms with Crippen molar-refractivity contribution in [3.05, 3.63) is 23.3 Å². The quantitative estimate of drug-likeness (QED) is 0.743. The minimum atomic E-state index is -3.03. The molecule has 0 aromatic heterocycles. The molecule has 4 nitrogen and oxygen atoms in total. The van der Waals surface area contributed by atoms with E-state index in [0.29, 0.717) is 11.3 Å². The van der Waals surface area contributed by atoms with E-state index < -0.39 is 18.3 Å². The fourth-order valence-electron chi connectivity index (χ4n) is 2.13. The number of halogens is 2. The van der Waals surface area contributed by atoms with Gasteiger partial charge in [0.25, 0.3) is 5.92 Å². The van der Waals surface area contributed by atoms with Crippen LogP contribution < -0.4 is 9.47 Å². The zero-order valence-electron chi connectivity index (χ0n) is 12.4. The number of unbranched alkanes of at least 4 members (excludes halogenated alkanes) is 1. The lowest BCUT2D eigenvalue weighted by Crippen LogP contribution is -2.15. The number of aryl methyl sites for hydroxylation is 1. The number of rotatable bonds is 8. The molecule has 0 bridgehead atoms. The molecular weight excluding hydrogens is 282 g/mol. The highest BCUT2D eigenvalue weighted by atomic mass is 19.3. The van der Waals surface area contributed by atoms with E-state index in [9.17, 15) is 13.6 Å². The molecule has 0 spiro atoms. The van der Waals surface area contributed by atoms with Crippen LogP contribution in [0.1, 0.15) is 36.8 Å². The summed E-state index contributed by atoms with van der Waals surface area (Å²) < 4.78 is 38.6. The van der Waals surface area contributed by atoms with E-state index >= 15 is 0 Å². The Bertz CT molecular complexity index is 501. The maximum Gasteiger partial charge on any atom is 0.303 e. The number of hydrogen-bond donors (Lipinski definition) is 1. The van der Waals surface area contributed by atoms with Gasteiger partial charge >= 0.3 is 5.97 Å². The van der Waals surface area contributed by atoms with Crippen molar-refractivity contribution in [1.29, 1.82) is 0 Å². The summed E-state index contributed by atoms with van der Waals surface area (Å²) >= 11 is 0. The third kappa shape index (κ3) is 4.58. The molecule has 0 aliphatic rings. The van der Waals surface area contributed by atoms with Crippen LogP contribution in [0.3, 0.4) is 0 Å². The zero-order chi connectivity index (χ0) is 16.0. The Morgan fingerprint density at radius 3 is 2.29 bits per heavy atom. The lowest BCUT2D eigenvalue weighted by Gasteiger charge is -2.21. The molecule has 0 atom stereocenters. The van der Waals surface area contributed by atoms with Gasteiger partial charge in [0, 0.05) is 18.4 Å². The van der Waals surface area contributed by atoms with Gasteiger partial charge in [-0.05, 0) is 37.5 Å². The lowest BCUT2D eigenvalue weighted by molar-refractivity contribution is -0.137. The Morgan fingerprint density at radius 1 is 1.19 bits per heavy atom. The highest BCUT2D eigenvalue weighted by Crippen LogP contribution is 2.40. The predicted octanol–water partition coefficient (Wildman–Crippen LogP) is 3.75. The van der Waals surface area contributed by atoms with Gasteiger partial charge in [0.15, 0.2) is 11.5 Å². The van der Waals surface area contributed by atoms with Crippen molar-refractivity contribution in [2.45, 2.75) is 38.5 Å². The normalized spacial score (nSPS) is 11.3. The molecule has 6 heteroatoms. The first-order valence-electron chi connectivity index (χ1n) is 6.64. The molecule has 0 unspecified atom stereocenters. The maximum absolute atomic E-state index is 14.2. The SMILES string of the molecule is COc1cc(C)c(C(F)(F)CCCCC(=O)O)cc1OC. The molecule has 0 saturated heterocycles. The van der Waals surface area contributed by atoms with Crippen molar-refractivity contribution in [2.24, 2.45) is 0 Å². The van der Waals surface area contributed by atoms with Crippen LogP contribution >= 0.6 is 0 Å². The van der Waals surface area contributed by atoms with Crippen molar-refractivity contribution in [3.63, 3.8) is 0 Å². The third-order valence-corrected chi connectivity index (χ3v) is 3.26. The number of carboxylic acid groups (broad SMARTS) is 1. The second-order valence-electron chi connectivity index (χ2n) is 4.83. The van der Waals surface area contributed by atoms with Gasteiger partial charge in [-0.2, -0.15) is 0 Å². The van der Waals surface area contributed by atoms with E-state index in [1.807, 2.05) is 0 Å². The average Bonchev–Trinajstić information content (AvgIpc) is 2.42. The van der Waals surface area contributed by atoms with Crippen LogP contribution in [-0.2, 0) is 10.7 Å². The largest absolute Gasteiger partial charge is 0.493 e. The van der Waals surface area contributed by atoms with Crippen LogP contribution in [0.5, 0.6) is 11.5 Å². The predicted molar refractivity (Wildman–Crippen MR) is 74.3 cm³/mol.